The number of rotatable bonds is 4. The topological polar surface area (TPSA) is 104 Å². The SMILES string of the molecule is OCC(CO)N1C[C@@H](O)[C@H](O)[C@H]1CO. The largest absolute Gasteiger partial charge is 0.395 e. The number of hydrogen-bond donors (Lipinski definition) is 5. The monoisotopic (exact) mass is 207 g/mol. The van der Waals surface area contributed by atoms with Crippen LogP contribution in [0.2, 0.25) is 0 Å². The Morgan fingerprint density at radius 1 is 1.14 bits per heavy atom. The molecule has 6 nitrogen and oxygen atoms in total. The van der Waals surface area contributed by atoms with Gasteiger partial charge in [0.15, 0.2) is 0 Å². The summed E-state index contributed by atoms with van der Waals surface area (Å²) in [5, 5.41) is 45.6. The summed E-state index contributed by atoms with van der Waals surface area (Å²) in [7, 11) is 0. The van der Waals surface area contributed by atoms with Crippen LogP contribution in [-0.4, -0.2) is 81.1 Å². The van der Waals surface area contributed by atoms with Crippen LogP contribution in [0.3, 0.4) is 0 Å². The highest BCUT2D eigenvalue weighted by Crippen LogP contribution is 2.20. The quantitative estimate of drug-likeness (QED) is 0.331. The van der Waals surface area contributed by atoms with Crippen LogP contribution in [-0.2, 0) is 0 Å². The molecule has 1 heterocycles. The fourth-order valence-corrected chi connectivity index (χ4v) is 1.81. The van der Waals surface area contributed by atoms with Crippen molar-refractivity contribution in [1.82, 2.24) is 4.90 Å². The van der Waals surface area contributed by atoms with E-state index < -0.39 is 24.3 Å². The van der Waals surface area contributed by atoms with E-state index in [4.69, 9.17) is 15.3 Å². The third-order valence-electron chi connectivity index (χ3n) is 2.69. The van der Waals surface area contributed by atoms with Crippen molar-refractivity contribution in [3.05, 3.63) is 0 Å². The van der Waals surface area contributed by atoms with Gasteiger partial charge in [0, 0.05) is 6.54 Å². The van der Waals surface area contributed by atoms with Gasteiger partial charge in [-0.1, -0.05) is 0 Å². The van der Waals surface area contributed by atoms with Gasteiger partial charge in [-0.3, -0.25) is 4.90 Å². The first-order chi connectivity index (χ1) is 6.65. The summed E-state index contributed by atoms with van der Waals surface area (Å²) >= 11 is 0. The van der Waals surface area contributed by atoms with Crippen LogP contribution in [0.25, 0.3) is 0 Å². The molecule has 1 aliphatic rings. The average Bonchev–Trinajstić information content (AvgIpc) is 2.45. The fraction of sp³-hybridized carbons (Fsp3) is 1.00. The van der Waals surface area contributed by atoms with E-state index in [0.717, 1.165) is 0 Å². The molecule has 84 valence electrons. The Labute approximate surface area is 82.0 Å². The van der Waals surface area contributed by atoms with Gasteiger partial charge in [0.1, 0.15) is 0 Å². The van der Waals surface area contributed by atoms with Gasteiger partial charge in [0.05, 0.1) is 44.1 Å². The van der Waals surface area contributed by atoms with Crippen molar-refractivity contribution in [2.45, 2.75) is 24.3 Å². The maximum absolute atomic E-state index is 9.45. The summed E-state index contributed by atoms with van der Waals surface area (Å²) in [6, 6.07) is -1.16. The van der Waals surface area contributed by atoms with E-state index in [1.54, 1.807) is 0 Å². The Bertz CT molecular complexity index is 175. The molecule has 3 atom stereocenters. The lowest BCUT2D eigenvalue weighted by atomic mass is 10.1. The third kappa shape index (κ3) is 2.05. The maximum atomic E-state index is 9.45. The molecule has 0 bridgehead atoms. The zero-order valence-corrected chi connectivity index (χ0v) is 7.82. The van der Waals surface area contributed by atoms with Gasteiger partial charge < -0.3 is 25.5 Å². The molecule has 5 N–H and O–H groups in total. The van der Waals surface area contributed by atoms with E-state index in [1.807, 2.05) is 0 Å². The molecular formula is C8H17NO5. The predicted octanol–water partition coefficient (Wildman–Crippen LogP) is -3.26. The van der Waals surface area contributed by atoms with Crippen molar-refractivity contribution in [3.63, 3.8) is 0 Å². The average molecular weight is 207 g/mol. The Hall–Kier alpha value is -0.240. The Morgan fingerprint density at radius 3 is 2.14 bits per heavy atom. The molecule has 0 amide bonds. The lowest BCUT2D eigenvalue weighted by molar-refractivity contribution is 0.00371. The molecule has 0 radical (unpaired) electrons. The molecule has 1 fully saturated rings. The first-order valence-electron chi connectivity index (χ1n) is 4.60. The highest BCUT2D eigenvalue weighted by atomic mass is 16.3. The number of aliphatic hydroxyl groups excluding tert-OH is 5. The van der Waals surface area contributed by atoms with Crippen LogP contribution in [0.4, 0.5) is 0 Å². The fourth-order valence-electron chi connectivity index (χ4n) is 1.81. The van der Waals surface area contributed by atoms with E-state index in [0.29, 0.717) is 0 Å². The second kappa shape index (κ2) is 5.01. The van der Waals surface area contributed by atoms with E-state index >= 15 is 0 Å². The molecule has 0 aliphatic carbocycles. The van der Waals surface area contributed by atoms with Crippen molar-refractivity contribution in [2.75, 3.05) is 26.4 Å². The summed E-state index contributed by atoms with van der Waals surface area (Å²) < 4.78 is 0. The van der Waals surface area contributed by atoms with Gasteiger partial charge in [-0.15, -0.1) is 0 Å². The minimum Gasteiger partial charge on any atom is -0.395 e. The van der Waals surface area contributed by atoms with Crippen LogP contribution in [0.5, 0.6) is 0 Å². The van der Waals surface area contributed by atoms with Crippen LogP contribution in [0.1, 0.15) is 0 Å². The smallest absolute Gasteiger partial charge is 0.0988 e. The first kappa shape index (κ1) is 11.8. The third-order valence-corrected chi connectivity index (χ3v) is 2.69. The number of hydrogen-bond acceptors (Lipinski definition) is 6. The summed E-state index contributed by atoms with van der Waals surface area (Å²) in [6.45, 7) is -0.703. The minimum absolute atomic E-state index is 0.151. The second-order valence-electron chi connectivity index (χ2n) is 3.52. The van der Waals surface area contributed by atoms with Crippen molar-refractivity contribution in [1.29, 1.82) is 0 Å². The normalized spacial score (nSPS) is 34.3. The molecule has 1 rings (SSSR count). The molecule has 1 aliphatic heterocycles. The van der Waals surface area contributed by atoms with Gasteiger partial charge in [-0.25, -0.2) is 0 Å². The predicted molar refractivity (Wildman–Crippen MR) is 47.6 cm³/mol. The molecular weight excluding hydrogens is 190 g/mol. The molecule has 0 aromatic carbocycles. The summed E-state index contributed by atoms with van der Waals surface area (Å²) in [5.41, 5.74) is 0. The molecule has 0 aromatic heterocycles. The van der Waals surface area contributed by atoms with Crippen molar-refractivity contribution in [3.8, 4) is 0 Å². The number of likely N-dealkylation sites (tertiary alicyclic amines) is 1. The zero-order valence-electron chi connectivity index (χ0n) is 7.82. The van der Waals surface area contributed by atoms with Crippen molar-refractivity contribution in [2.24, 2.45) is 0 Å². The molecule has 0 saturated carbocycles. The van der Waals surface area contributed by atoms with Crippen molar-refractivity contribution < 1.29 is 25.5 Å². The molecule has 0 spiro atoms. The molecule has 6 heteroatoms. The molecule has 14 heavy (non-hydrogen) atoms. The zero-order chi connectivity index (χ0) is 10.7. The molecule has 1 saturated heterocycles. The second-order valence-corrected chi connectivity index (χ2v) is 3.52. The van der Waals surface area contributed by atoms with Crippen LogP contribution < -0.4 is 0 Å². The maximum Gasteiger partial charge on any atom is 0.0988 e. The number of nitrogens with zero attached hydrogens (tertiary/aromatic N) is 1. The van der Waals surface area contributed by atoms with Crippen LogP contribution >= 0.6 is 0 Å². The highest BCUT2D eigenvalue weighted by molar-refractivity contribution is 4.95. The Morgan fingerprint density at radius 2 is 1.71 bits per heavy atom. The van der Waals surface area contributed by atoms with E-state index in [9.17, 15) is 10.2 Å². The summed E-state index contributed by atoms with van der Waals surface area (Å²) in [5.74, 6) is 0. The van der Waals surface area contributed by atoms with Crippen LogP contribution in [0.15, 0.2) is 0 Å². The Kier molecular flexibility index (Phi) is 4.24. The van der Waals surface area contributed by atoms with Crippen molar-refractivity contribution >= 4 is 0 Å². The van der Waals surface area contributed by atoms with Gasteiger partial charge in [-0.2, -0.15) is 0 Å². The van der Waals surface area contributed by atoms with Gasteiger partial charge in [0.2, 0.25) is 0 Å². The summed E-state index contributed by atoms with van der Waals surface area (Å²) in [6.07, 6.45) is -1.96. The Balaban J connectivity index is 2.68. The van der Waals surface area contributed by atoms with Gasteiger partial charge in [0.25, 0.3) is 0 Å². The molecule has 0 unspecified atom stereocenters. The first-order valence-corrected chi connectivity index (χ1v) is 4.60. The lowest BCUT2D eigenvalue weighted by Crippen LogP contribution is -2.47. The lowest BCUT2D eigenvalue weighted by Gasteiger charge is -2.29. The van der Waals surface area contributed by atoms with Gasteiger partial charge in [-0.05, 0) is 0 Å². The highest BCUT2D eigenvalue weighted by Gasteiger charge is 2.42. The standard InChI is InChI=1S/C8H17NO5/c10-2-5(3-11)9-1-7(13)8(14)6(9)4-12/h5-8,10-14H,1-4H2/t6-,7-,8-/m1/s1. The van der Waals surface area contributed by atoms with E-state index in [-0.39, 0.29) is 26.4 Å². The summed E-state index contributed by atoms with van der Waals surface area (Å²) in [4.78, 5) is 1.52. The van der Waals surface area contributed by atoms with Crippen LogP contribution in [0, 0.1) is 0 Å². The minimum atomic E-state index is -1.03. The number of aliphatic hydroxyl groups is 5. The molecule has 0 aromatic rings. The van der Waals surface area contributed by atoms with E-state index in [2.05, 4.69) is 0 Å². The number of β-amino-alcohol motifs (C(OH)–C–C–N with tert-alkyl or cyclic N) is 1. The van der Waals surface area contributed by atoms with E-state index in [1.165, 1.54) is 4.90 Å². The van der Waals surface area contributed by atoms with Gasteiger partial charge >= 0.3 is 0 Å².